The molecule has 4 nitrogen and oxygen atoms in total. The summed E-state index contributed by atoms with van der Waals surface area (Å²) in [6.07, 6.45) is 3.78. The maximum absolute atomic E-state index is 13.5. The van der Waals surface area contributed by atoms with Gasteiger partial charge in [0.2, 0.25) is 5.89 Å². The Labute approximate surface area is 186 Å². The number of Topliss-reactive ketones (excluding diaryl/α,β-unsaturated/α-hetero) is 1. The molecular formula is C26H22ClNO3. The molecule has 0 atom stereocenters. The van der Waals surface area contributed by atoms with Gasteiger partial charge in [0.05, 0.1) is 12.2 Å². The van der Waals surface area contributed by atoms with Crippen molar-refractivity contribution in [3.05, 3.63) is 94.8 Å². The highest BCUT2D eigenvalue weighted by Gasteiger charge is 2.21. The number of benzene rings is 3. The zero-order valence-electron chi connectivity index (χ0n) is 17.2. The van der Waals surface area contributed by atoms with Crippen molar-refractivity contribution in [1.82, 2.24) is 4.98 Å². The molecular weight excluding hydrogens is 410 g/mol. The Hall–Kier alpha value is -3.37. The molecule has 31 heavy (non-hydrogen) atoms. The first-order valence-electron chi connectivity index (χ1n) is 10.3. The number of oxazole rings is 1. The summed E-state index contributed by atoms with van der Waals surface area (Å²) >= 11 is 6.34. The van der Waals surface area contributed by atoms with E-state index in [-0.39, 0.29) is 11.7 Å². The molecule has 0 spiro atoms. The van der Waals surface area contributed by atoms with Crippen LogP contribution >= 0.6 is 11.6 Å². The molecule has 0 aliphatic carbocycles. The average Bonchev–Trinajstić information content (AvgIpc) is 3.23. The molecule has 0 amide bonds. The molecule has 4 rings (SSSR count). The van der Waals surface area contributed by atoms with E-state index >= 15 is 0 Å². The van der Waals surface area contributed by atoms with E-state index < -0.39 is 0 Å². The molecule has 0 N–H and O–H groups in total. The van der Waals surface area contributed by atoms with Crippen molar-refractivity contribution in [2.24, 2.45) is 0 Å². The number of hydrogen-bond donors (Lipinski definition) is 0. The van der Waals surface area contributed by atoms with Crippen molar-refractivity contribution in [2.75, 3.05) is 6.61 Å². The minimum atomic E-state index is -0.202. The molecule has 0 radical (unpaired) electrons. The highest BCUT2D eigenvalue weighted by atomic mass is 35.5. The summed E-state index contributed by atoms with van der Waals surface area (Å²) in [6, 6.07) is 21.9. The van der Waals surface area contributed by atoms with E-state index in [9.17, 15) is 4.79 Å². The Morgan fingerprint density at radius 3 is 2.52 bits per heavy atom. The maximum Gasteiger partial charge on any atom is 0.231 e. The first-order chi connectivity index (χ1) is 15.2. The zero-order chi connectivity index (χ0) is 21.6. The van der Waals surface area contributed by atoms with Crippen molar-refractivity contribution in [3.8, 4) is 5.75 Å². The van der Waals surface area contributed by atoms with Crippen LogP contribution in [0.5, 0.6) is 5.75 Å². The van der Waals surface area contributed by atoms with Crippen LogP contribution in [0.25, 0.3) is 22.7 Å². The average molecular weight is 432 g/mol. The Morgan fingerprint density at radius 2 is 1.77 bits per heavy atom. The Kier molecular flexibility index (Phi) is 6.48. The minimum absolute atomic E-state index is 0.202. The molecule has 0 bridgehead atoms. The SMILES string of the molecule is CCCCOc1ccc(C(=O)C(=Cc2ccccc2Cl)c2nc3ccccc3o2)cc1. The van der Waals surface area contributed by atoms with Gasteiger partial charge in [0, 0.05) is 10.6 Å². The van der Waals surface area contributed by atoms with Crippen molar-refractivity contribution in [1.29, 1.82) is 0 Å². The fourth-order valence-corrected chi connectivity index (χ4v) is 3.34. The van der Waals surface area contributed by atoms with Gasteiger partial charge in [-0.25, -0.2) is 4.98 Å². The van der Waals surface area contributed by atoms with Gasteiger partial charge in [-0.15, -0.1) is 0 Å². The number of ether oxygens (including phenoxy) is 1. The Morgan fingerprint density at radius 1 is 1.03 bits per heavy atom. The number of rotatable bonds is 8. The molecule has 1 aromatic heterocycles. The van der Waals surface area contributed by atoms with Crippen molar-refractivity contribution < 1.29 is 13.9 Å². The van der Waals surface area contributed by atoms with Gasteiger partial charge in [0.15, 0.2) is 11.4 Å². The second kappa shape index (κ2) is 9.63. The third-order valence-corrected chi connectivity index (χ3v) is 5.20. The van der Waals surface area contributed by atoms with E-state index in [1.54, 1.807) is 24.3 Å². The van der Waals surface area contributed by atoms with Crippen LogP contribution in [0.3, 0.4) is 0 Å². The third-order valence-electron chi connectivity index (χ3n) is 4.86. The van der Waals surface area contributed by atoms with E-state index in [0.29, 0.717) is 39.4 Å². The summed E-state index contributed by atoms with van der Waals surface area (Å²) in [7, 11) is 0. The summed E-state index contributed by atoms with van der Waals surface area (Å²) in [5.74, 6) is 0.796. The molecule has 0 aliphatic heterocycles. The highest BCUT2D eigenvalue weighted by Crippen LogP contribution is 2.28. The fraction of sp³-hybridized carbons (Fsp3) is 0.154. The number of carbonyl (C=O) groups excluding carboxylic acids is 1. The largest absolute Gasteiger partial charge is 0.494 e. The van der Waals surface area contributed by atoms with Gasteiger partial charge in [-0.05, 0) is 60.5 Å². The first-order valence-corrected chi connectivity index (χ1v) is 10.6. The summed E-state index contributed by atoms with van der Waals surface area (Å²) in [6.45, 7) is 2.77. The van der Waals surface area contributed by atoms with Crippen LogP contribution in [0.15, 0.2) is 77.2 Å². The van der Waals surface area contributed by atoms with Crippen LogP contribution < -0.4 is 4.74 Å². The monoisotopic (exact) mass is 431 g/mol. The van der Waals surface area contributed by atoms with Crippen LogP contribution in [0, 0.1) is 0 Å². The molecule has 0 unspecified atom stereocenters. The number of para-hydroxylation sites is 2. The number of hydrogen-bond acceptors (Lipinski definition) is 4. The van der Waals surface area contributed by atoms with Gasteiger partial charge in [-0.2, -0.15) is 0 Å². The van der Waals surface area contributed by atoms with Gasteiger partial charge < -0.3 is 9.15 Å². The zero-order valence-corrected chi connectivity index (χ0v) is 17.9. The van der Waals surface area contributed by atoms with Gasteiger partial charge in [-0.1, -0.05) is 55.3 Å². The molecule has 156 valence electrons. The molecule has 4 aromatic rings. The number of fused-ring (bicyclic) bond motifs is 1. The van der Waals surface area contributed by atoms with Crippen LogP contribution in [0.1, 0.15) is 41.6 Å². The highest BCUT2D eigenvalue weighted by molar-refractivity contribution is 6.35. The van der Waals surface area contributed by atoms with E-state index in [4.69, 9.17) is 20.8 Å². The number of aromatic nitrogens is 1. The quantitative estimate of drug-likeness (QED) is 0.170. The van der Waals surface area contributed by atoms with Gasteiger partial charge >= 0.3 is 0 Å². The minimum Gasteiger partial charge on any atom is -0.494 e. The fourth-order valence-electron chi connectivity index (χ4n) is 3.15. The molecule has 0 fully saturated rings. The molecule has 0 aliphatic rings. The number of carbonyl (C=O) groups is 1. The van der Waals surface area contributed by atoms with Crippen LogP contribution in [0.4, 0.5) is 0 Å². The molecule has 3 aromatic carbocycles. The molecule has 1 heterocycles. The van der Waals surface area contributed by atoms with Gasteiger partial charge in [0.25, 0.3) is 0 Å². The summed E-state index contributed by atoms with van der Waals surface area (Å²) < 4.78 is 11.6. The number of unbranched alkanes of at least 4 members (excludes halogenated alkanes) is 1. The predicted molar refractivity (Wildman–Crippen MR) is 125 cm³/mol. The number of allylic oxidation sites excluding steroid dienone is 1. The second-order valence-electron chi connectivity index (χ2n) is 7.12. The topological polar surface area (TPSA) is 52.3 Å². The second-order valence-corrected chi connectivity index (χ2v) is 7.53. The van der Waals surface area contributed by atoms with Crippen molar-refractivity contribution in [3.63, 3.8) is 0 Å². The van der Waals surface area contributed by atoms with E-state index in [1.807, 2.05) is 54.6 Å². The standard InChI is InChI=1S/C26H22ClNO3/c1-2-3-16-30-20-14-12-18(13-15-20)25(29)21(17-19-8-4-5-9-22(19)27)26-28-23-10-6-7-11-24(23)31-26/h4-15,17H,2-3,16H2,1H3. The lowest BCUT2D eigenvalue weighted by Crippen LogP contribution is -2.04. The van der Waals surface area contributed by atoms with Crippen LogP contribution in [0.2, 0.25) is 5.02 Å². The Bertz CT molecular complexity index is 1190. The predicted octanol–water partition coefficient (Wildman–Crippen LogP) is 7.08. The summed E-state index contributed by atoms with van der Waals surface area (Å²) in [4.78, 5) is 18.0. The lowest BCUT2D eigenvalue weighted by atomic mass is 10.0. The lowest BCUT2D eigenvalue weighted by molar-refractivity contribution is 0.105. The van der Waals surface area contributed by atoms with E-state index in [1.165, 1.54) is 0 Å². The number of halogens is 1. The van der Waals surface area contributed by atoms with Crippen LogP contribution in [-0.2, 0) is 0 Å². The number of nitrogens with zero attached hydrogens (tertiary/aromatic N) is 1. The third kappa shape index (κ3) is 4.86. The van der Waals surface area contributed by atoms with Crippen molar-refractivity contribution in [2.45, 2.75) is 19.8 Å². The maximum atomic E-state index is 13.5. The summed E-state index contributed by atoms with van der Waals surface area (Å²) in [5.41, 5.74) is 2.88. The van der Waals surface area contributed by atoms with Gasteiger partial charge in [-0.3, -0.25) is 4.79 Å². The van der Waals surface area contributed by atoms with Crippen molar-refractivity contribution >= 4 is 40.1 Å². The molecule has 0 saturated heterocycles. The Balaban J connectivity index is 1.72. The lowest BCUT2D eigenvalue weighted by Gasteiger charge is -2.08. The molecule has 5 heteroatoms. The van der Waals surface area contributed by atoms with Crippen LogP contribution in [-0.4, -0.2) is 17.4 Å². The van der Waals surface area contributed by atoms with E-state index in [2.05, 4.69) is 11.9 Å². The normalized spacial score (nSPS) is 11.6. The smallest absolute Gasteiger partial charge is 0.231 e. The molecule has 0 saturated carbocycles. The first kappa shape index (κ1) is 20.9. The van der Waals surface area contributed by atoms with Gasteiger partial charge in [0.1, 0.15) is 11.3 Å². The number of ketones is 1. The summed E-state index contributed by atoms with van der Waals surface area (Å²) in [5, 5.41) is 0.545. The van der Waals surface area contributed by atoms with E-state index in [0.717, 1.165) is 18.6 Å².